The predicted octanol–water partition coefficient (Wildman–Crippen LogP) is 3.69. The van der Waals surface area contributed by atoms with Gasteiger partial charge in [0.1, 0.15) is 17.7 Å². The van der Waals surface area contributed by atoms with E-state index in [4.69, 9.17) is 4.42 Å². The van der Waals surface area contributed by atoms with E-state index in [2.05, 4.69) is 20.9 Å². The summed E-state index contributed by atoms with van der Waals surface area (Å²) < 4.78 is 6.09. The van der Waals surface area contributed by atoms with Crippen molar-refractivity contribution in [3.63, 3.8) is 0 Å². The molecule has 0 bridgehead atoms. The van der Waals surface area contributed by atoms with Crippen molar-refractivity contribution in [2.24, 2.45) is 0 Å². The van der Waals surface area contributed by atoms with Crippen molar-refractivity contribution in [1.82, 2.24) is 4.98 Å². The van der Waals surface area contributed by atoms with Crippen LogP contribution in [0.25, 0.3) is 11.3 Å². The molecule has 0 unspecified atom stereocenters. The number of oxazole rings is 1. The van der Waals surface area contributed by atoms with Crippen molar-refractivity contribution in [2.75, 3.05) is 0 Å². The van der Waals surface area contributed by atoms with Gasteiger partial charge in [0.15, 0.2) is 5.89 Å². The van der Waals surface area contributed by atoms with Crippen LogP contribution in [0.2, 0.25) is 0 Å². The summed E-state index contributed by atoms with van der Waals surface area (Å²) >= 11 is 3.28. The molecule has 1 aromatic heterocycles. The van der Waals surface area contributed by atoms with Gasteiger partial charge in [0.25, 0.3) is 0 Å². The highest BCUT2D eigenvalue weighted by molar-refractivity contribution is 9.10. The molecule has 1 aliphatic carbocycles. The summed E-state index contributed by atoms with van der Waals surface area (Å²) in [5.74, 6) is 1.59. The summed E-state index contributed by atoms with van der Waals surface area (Å²) in [5, 5.41) is 9.40. The van der Waals surface area contributed by atoms with Gasteiger partial charge < -0.3 is 9.52 Å². The van der Waals surface area contributed by atoms with Crippen molar-refractivity contribution in [1.29, 1.82) is 0 Å². The van der Waals surface area contributed by atoms with Gasteiger partial charge >= 0.3 is 0 Å². The van der Waals surface area contributed by atoms with Crippen molar-refractivity contribution in [3.05, 3.63) is 34.8 Å². The fourth-order valence-electron chi connectivity index (χ4n) is 1.60. The average Bonchev–Trinajstić information content (AvgIpc) is 3.01. The second-order valence-corrected chi connectivity index (χ2v) is 4.87. The first kappa shape index (κ1) is 9.90. The highest BCUT2D eigenvalue weighted by Gasteiger charge is 2.28. The smallest absolute Gasteiger partial charge is 0.197 e. The Morgan fingerprint density at radius 2 is 2.19 bits per heavy atom. The van der Waals surface area contributed by atoms with Gasteiger partial charge in [-0.2, -0.15) is 0 Å². The minimum atomic E-state index is 0.231. The molecular weight excluding hydrogens is 270 g/mol. The van der Waals surface area contributed by atoms with E-state index in [0.29, 0.717) is 10.4 Å². The molecule has 1 heterocycles. The van der Waals surface area contributed by atoms with Crippen molar-refractivity contribution < 1.29 is 9.52 Å². The summed E-state index contributed by atoms with van der Waals surface area (Å²) in [4.78, 5) is 4.44. The van der Waals surface area contributed by atoms with Crippen LogP contribution in [-0.4, -0.2) is 10.1 Å². The SMILES string of the molecule is Oc1ccc(-c2coc(C3CC3)n2)cc1Br. The Kier molecular flexibility index (Phi) is 2.24. The molecule has 1 aliphatic rings. The number of benzene rings is 1. The number of hydrogen-bond acceptors (Lipinski definition) is 3. The fraction of sp³-hybridized carbons (Fsp3) is 0.250. The number of aromatic hydroxyl groups is 1. The van der Waals surface area contributed by atoms with E-state index in [0.717, 1.165) is 17.1 Å². The Morgan fingerprint density at radius 3 is 2.88 bits per heavy atom. The van der Waals surface area contributed by atoms with Crippen LogP contribution in [0.4, 0.5) is 0 Å². The summed E-state index contributed by atoms with van der Waals surface area (Å²) in [7, 11) is 0. The molecule has 82 valence electrons. The molecule has 0 aliphatic heterocycles. The molecule has 0 spiro atoms. The predicted molar refractivity (Wildman–Crippen MR) is 63.3 cm³/mol. The molecule has 0 saturated heterocycles. The molecule has 3 nitrogen and oxygen atoms in total. The van der Waals surface area contributed by atoms with E-state index >= 15 is 0 Å². The molecular formula is C12H10BrNO2. The first-order valence-corrected chi connectivity index (χ1v) is 5.97. The van der Waals surface area contributed by atoms with Gasteiger partial charge in [-0.05, 0) is 47.0 Å². The second-order valence-electron chi connectivity index (χ2n) is 4.01. The van der Waals surface area contributed by atoms with E-state index in [9.17, 15) is 5.11 Å². The monoisotopic (exact) mass is 279 g/mol. The van der Waals surface area contributed by atoms with Crippen molar-refractivity contribution >= 4 is 15.9 Å². The minimum absolute atomic E-state index is 0.231. The molecule has 2 aromatic rings. The summed E-state index contributed by atoms with van der Waals surface area (Å²) in [6.45, 7) is 0. The third kappa shape index (κ3) is 1.73. The zero-order chi connectivity index (χ0) is 11.1. The third-order valence-corrected chi connectivity index (χ3v) is 3.33. The highest BCUT2D eigenvalue weighted by Crippen LogP contribution is 2.40. The van der Waals surface area contributed by atoms with Crippen LogP contribution in [-0.2, 0) is 0 Å². The maximum atomic E-state index is 9.40. The topological polar surface area (TPSA) is 46.3 Å². The van der Waals surface area contributed by atoms with Crippen molar-refractivity contribution in [3.8, 4) is 17.0 Å². The number of phenols is 1. The average molecular weight is 280 g/mol. The number of aromatic nitrogens is 1. The van der Waals surface area contributed by atoms with Gasteiger partial charge in [-0.15, -0.1) is 0 Å². The molecule has 1 fully saturated rings. The van der Waals surface area contributed by atoms with Crippen LogP contribution < -0.4 is 0 Å². The zero-order valence-electron chi connectivity index (χ0n) is 8.48. The molecule has 1 saturated carbocycles. The summed E-state index contributed by atoms with van der Waals surface area (Å²) in [6.07, 6.45) is 4.03. The molecule has 1 N–H and O–H groups in total. The van der Waals surface area contributed by atoms with Gasteiger partial charge in [0.05, 0.1) is 4.47 Å². The summed E-state index contributed by atoms with van der Waals surface area (Å²) in [5.41, 5.74) is 1.77. The van der Waals surface area contributed by atoms with Crippen LogP contribution in [0.3, 0.4) is 0 Å². The Hall–Kier alpha value is -1.29. The summed E-state index contributed by atoms with van der Waals surface area (Å²) in [6, 6.07) is 5.31. The lowest BCUT2D eigenvalue weighted by atomic mass is 10.2. The fourth-order valence-corrected chi connectivity index (χ4v) is 1.98. The molecule has 0 radical (unpaired) electrons. The molecule has 0 atom stereocenters. The van der Waals surface area contributed by atoms with Gasteiger partial charge in [-0.25, -0.2) is 4.98 Å². The number of halogens is 1. The largest absolute Gasteiger partial charge is 0.507 e. The first-order chi connectivity index (χ1) is 7.74. The lowest BCUT2D eigenvalue weighted by Crippen LogP contribution is -1.81. The Balaban J connectivity index is 1.97. The van der Waals surface area contributed by atoms with Crippen molar-refractivity contribution in [2.45, 2.75) is 18.8 Å². The number of nitrogens with zero attached hydrogens (tertiary/aromatic N) is 1. The second kappa shape index (κ2) is 3.63. The maximum absolute atomic E-state index is 9.40. The van der Waals surface area contributed by atoms with Crippen LogP contribution in [0.15, 0.2) is 33.4 Å². The van der Waals surface area contributed by atoms with E-state index in [-0.39, 0.29) is 5.75 Å². The molecule has 1 aromatic carbocycles. The normalized spacial score (nSPS) is 15.3. The van der Waals surface area contributed by atoms with Crippen LogP contribution >= 0.6 is 15.9 Å². The van der Waals surface area contributed by atoms with Crippen LogP contribution in [0.5, 0.6) is 5.75 Å². The molecule has 16 heavy (non-hydrogen) atoms. The van der Waals surface area contributed by atoms with Gasteiger partial charge in [0.2, 0.25) is 0 Å². The van der Waals surface area contributed by atoms with Crippen LogP contribution in [0.1, 0.15) is 24.7 Å². The highest BCUT2D eigenvalue weighted by atomic mass is 79.9. The Bertz CT molecular complexity index is 532. The standard InChI is InChI=1S/C12H10BrNO2/c13-9-5-8(3-4-11(9)15)10-6-16-12(14-10)7-1-2-7/h3-7,15H,1-2H2. The van der Waals surface area contributed by atoms with Crippen LogP contribution in [0, 0.1) is 0 Å². The van der Waals surface area contributed by atoms with E-state index in [1.54, 1.807) is 12.3 Å². The van der Waals surface area contributed by atoms with E-state index < -0.39 is 0 Å². The number of phenolic OH excluding ortho intramolecular Hbond substituents is 1. The number of hydrogen-bond donors (Lipinski definition) is 1. The van der Waals surface area contributed by atoms with Gasteiger partial charge in [-0.3, -0.25) is 0 Å². The lowest BCUT2D eigenvalue weighted by Gasteiger charge is -1.99. The zero-order valence-corrected chi connectivity index (χ0v) is 10.1. The van der Waals surface area contributed by atoms with E-state index in [1.807, 2.05) is 12.1 Å². The molecule has 0 amide bonds. The Morgan fingerprint density at radius 1 is 1.38 bits per heavy atom. The Labute approximate surface area is 101 Å². The lowest BCUT2D eigenvalue weighted by molar-refractivity contribution is 0.472. The maximum Gasteiger partial charge on any atom is 0.197 e. The van der Waals surface area contributed by atoms with Gasteiger partial charge in [0, 0.05) is 11.5 Å². The minimum Gasteiger partial charge on any atom is -0.507 e. The quantitative estimate of drug-likeness (QED) is 0.912. The van der Waals surface area contributed by atoms with Gasteiger partial charge in [-0.1, -0.05) is 0 Å². The first-order valence-electron chi connectivity index (χ1n) is 5.18. The molecule has 4 heteroatoms. The number of rotatable bonds is 2. The molecule has 3 rings (SSSR count). The van der Waals surface area contributed by atoms with E-state index in [1.165, 1.54) is 12.8 Å². The third-order valence-electron chi connectivity index (χ3n) is 2.69.